The maximum absolute atomic E-state index is 12.9. The molecule has 20 heavy (non-hydrogen) atoms. The Hall–Kier alpha value is -1.98. The molecule has 3 nitrogen and oxygen atoms in total. The molecule has 0 saturated heterocycles. The zero-order valence-corrected chi connectivity index (χ0v) is 11.3. The van der Waals surface area contributed by atoms with Crippen molar-refractivity contribution >= 4 is 5.69 Å². The number of hydrogen-bond donors (Lipinski definition) is 1. The molecule has 1 aromatic heterocycles. The highest BCUT2D eigenvalue weighted by molar-refractivity contribution is 5.52. The highest BCUT2D eigenvalue weighted by atomic mass is 19.4. The minimum absolute atomic E-state index is 0.0847. The van der Waals surface area contributed by atoms with E-state index in [0.29, 0.717) is 13.1 Å². The van der Waals surface area contributed by atoms with Gasteiger partial charge in [-0.25, -0.2) is 0 Å². The Kier molecular flexibility index (Phi) is 4.01. The average Bonchev–Trinajstić information content (AvgIpc) is 2.76. The highest BCUT2D eigenvalue weighted by Crippen LogP contribution is 2.34. The van der Waals surface area contributed by atoms with Gasteiger partial charge in [0.05, 0.1) is 23.5 Å². The average molecular weight is 283 g/mol. The molecule has 0 aliphatic heterocycles. The zero-order chi connectivity index (χ0) is 14.8. The second kappa shape index (κ2) is 5.56. The van der Waals surface area contributed by atoms with E-state index in [1.54, 1.807) is 10.7 Å². The molecule has 1 aromatic carbocycles. The Labute approximate surface area is 115 Å². The van der Waals surface area contributed by atoms with Crippen molar-refractivity contribution in [2.24, 2.45) is 0 Å². The number of aryl methyl sites for hydroxylation is 2. The minimum Gasteiger partial charge on any atom is -0.379 e. The van der Waals surface area contributed by atoms with Gasteiger partial charge in [0.25, 0.3) is 0 Å². The predicted octanol–water partition coefficient (Wildman–Crippen LogP) is 3.84. The quantitative estimate of drug-likeness (QED) is 0.923. The normalized spacial score (nSPS) is 11.7. The van der Waals surface area contributed by atoms with Crippen LogP contribution in [0.1, 0.15) is 23.9 Å². The molecule has 0 atom stereocenters. The summed E-state index contributed by atoms with van der Waals surface area (Å²) in [6, 6.07) is 7.34. The predicted molar refractivity (Wildman–Crippen MR) is 71.4 cm³/mol. The van der Waals surface area contributed by atoms with Crippen molar-refractivity contribution in [2.75, 3.05) is 5.32 Å². The molecule has 0 radical (unpaired) electrons. The molecule has 0 aliphatic rings. The molecule has 0 bridgehead atoms. The lowest BCUT2D eigenvalue weighted by Crippen LogP contribution is -2.12. The summed E-state index contributed by atoms with van der Waals surface area (Å²) in [5, 5.41) is 7.11. The van der Waals surface area contributed by atoms with Crippen molar-refractivity contribution in [3.05, 3.63) is 47.3 Å². The van der Waals surface area contributed by atoms with Gasteiger partial charge < -0.3 is 5.32 Å². The zero-order valence-electron chi connectivity index (χ0n) is 11.3. The number of benzene rings is 1. The molecule has 0 spiro atoms. The van der Waals surface area contributed by atoms with Crippen LogP contribution in [-0.4, -0.2) is 9.78 Å². The largest absolute Gasteiger partial charge is 0.418 e. The molecule has 0 unspecified atom stereocenters. The van der Waals surface area contributed by atoms with Crippen molar-refractivity contribution in [1.29, 1.82) is 0 Å². The van der Waals surface area contributed by atoms with Gasteiger partial charge >= 0.3 is 6.18 Å². The van der Waals surface area contributed by atoms with Gasteiger partial charge in [-0.3, -0.25) is 4.68 Å². The van der Waals surface area contributed by atoms with Crippen LogP contribution < -0.4 is 5.32 Å². The second-order valence-electron chi connectivity index (χ2n) is 4.49. The smallest absolute Gasteiger partial charge is 0.379 e. The molecule has 2 rings (SSSR count). The third-order valence-corrected chi connectivity index (χ3v) is 2.98. The van der Waals surface area contributed by atoms with Crippen LogP contribution in [0.2, 0.25) is 0 Å². The number of nitrogens with one attached hydrogen (secondary N) is 1. The molecule has 0 fully saturated rings. The molecule has 0 amide bonds. The van der Waals surface area contributed by atoms with Crippen LogP contribution in [0.15, 0.2) is 30.3 Å². The van der Waals surface area contributed by atoms with E-state index in [9.17, 15) is 13.2 Å². The first-order valence-electron chi connectivity index (χ1n) is 6.35. The van der Waals surface area contributed by atoms with Gasteiger partial charge in [0, 0.05) is 12.2 Å². The van der Waals surface area contributed by atoms with Crippen LogP contribution >= 0.6 is 0 Å². The lowest BCUT2D eigenvalue weighted by Gasteiger charge is -2.14. The summed E-state index contributed by atoms with van der Waals surface area (Å²) in [5.41, 5.74) is 1.15. The number of nitrogens with zero attached hydrogens (tertiary/aromatic N) is 2. The van der Waals surface area contributed by atoms with Crippen LogP contribution in [-0.2, 0) is 19.3 Å². The van der Waals surface area contributed by atoms with Gasteiger partial charge in [-0.15, -0.1) is 0 Å². The first kappa shape index (κ1) is 14.4. The number of rotatable bonds is 4. The first-order valence-corrected chi connectivity index (χ1v) is 6.35. The standard InChI is InChI=1S/C14H16F3N3/c1-3-20-11(8-10(2)19-20)9-18-13-7-5-4-6-12(13)14(15,16)17/h4-8,18H,3,9H2,1-2H3. The Morgan fingerprint density at radius 3 is 2.60 bits per heavy atom. The monoisotopic (exact) mass is 283 g/mol. The van der Waals surface area contributed by atoms with E-state index in [2.05, 4.69) is 10.4 Å². The third kappa shape index (κ3) is 3.12. The first-order chi connectivity index (χ1) is 9.41. The van der Waals surface area contributed by atoms with Crippen molar-refractivity contribution in [1.82, 2.24) is 9.78 Å². The van der Waals surface area contributed by atoms with Gasteiger partial charge in [0.2, 0.25) is 0 Å². The van der Waals surface area contributed by atoms with Crippen LogP contribution in [0.25, 0.3) is 0 Å². The van der Waals surface area contributed by atoms with E-state index in [1.807, 2.05) is 19.9 Å². The van der Waals surface area contributed by atoms with Gasteiger partial charge in [0.15, 0.2) is 0 Å². The van der Waals surface area contributed by atoms with Gasteiger partial charge in [-0.1, -0.05) is 12.1 Å². The number of para-hydroxylation sites is 1. The molecule has 0 aliphatic carbocycles. The van der Waals surface area contributed by atoms with Crippen LogP contribution in [0.3, 0.4) is 0 Å². The fourth-order valence-electron chi connectivity index (χ4n) is 2.09. The fraction of sp³-hybridized carbons (Fsp3) is 0.357. The molecule has 0 saturated carbocycles. The van der Waals surface area contributed by atoms with E-state index >= 15 is 0 Å². The summed E-state index contributed by atoms with van der Waals surface area (Å²) in [7, 11) is 0. The Morgan fingerprint density at radius 1 is 1.25 bits per heavy atom. The summed E-state index contributed by atoms with van der Waals surface area (Å²) >= 11 is 0. The second-order valence-corrected chi connectivity index (χ2v) is 4.49. The van der Waals surface area contributed by atoms with E-state index in [4.69, 9.17) is 0 Å². The Balaban J connectivity index is 2.19. The number of alkyl halides is 3. The highest BCUT2D eigenvalue weighted by Gasteiger charge is 2.33. The van der Waals surface area contributed by atoms with E-state index in [-0.39, 0.29) is 5.69 Å². The number of halogens is 3. The van der Waals surface area contributed by atoms with Crippen molar-refractivity contribution in [2.45, 2.75) is 33.1 Å². The number of anilines is 1. The summed E-state index contributed by atoms with van der Waals surface area (Å²) in [4.78, 5) is 0. The molecular formula is C14H16F3N3. The number of aromatic nitrogens is 2. The minimum atomic E-state index is -4.36. The van der Waals surface area contributed by atoms with Crippen LogP contribution in [0.5, 0.6) is 0 Å². The van der Waals surface area contributed by atoms with E-state index in [1.165, 1.54) is 12.1 Å². The van der Waals surface area contributed by atoms with Gasteiger partial charge in [-0.05, 0) is 32.0 Å². The molecular weight excluding hydrogens is 267 g/mol. The summed E-state index contributed by atoms with van der Waals surface area (Å²) in [6.45, 7) is 4.80. The molecule has 1 heterocycles. The summed E-state index contributed by atoms with van der Waals surface area (Å²) in [5.74, 6) is 0. The van der Waals surface area contributed by atoms with Crippen molar-refractivity contribution in [3.63, 3.8) is 0 Å². The third-order valence-electron chi connectivity index (χ3n) is 2.98. The topological polar surface area (TPSA) is 29.9 Å². The lowest BCUT2D eigenvalue weighted by atomic mass is 10.1. The Bertz CT molecular complexity index is 588. The maximum Gasteiger partial charge on any atom is 0.418 e. The number of hydrogen-bond acceptors (Lipinski definition) is 2. The van der Waals surface area contributed by atoms with Crippen molar-refractivity contribution in [3.8, 4) is 0 Å². The Morgan fingerprint density at radius 2 is 1.95 bits per heavy atom. The molecule has 6 heteroatoms. The molecule has 108 valence electrons. The molecule has 2 aromatic rings. The summed E-state index contributed by atoms with van der Waals surface area (Å²) < 4.78 is 40.4. The lowest BCUT2D eigenvalue weighted by molar-refractivity contribution is -0.136. The van der Waals surface area contributed by atoms with Crippen LogP contribution in [0.4, 0.5) is 18.9 Å². The van der Waals surface area contributed by atoms with Gasteiger partial charge in [0.1, 0.15) is 0 Å². The SMILES string of the molecule is CCn1nc(C)cc1CNc1ccccc1C(F)(F)F. The van der Waals surface area contributed by atoms with Crippen molar-refractivity contribution < 1.29 is 13.2 Å². The fourth-order valence-corrected chi connectivity index (χ4v) is 2.09. The maximum atomic E-state index is 12.9. The van der Waals surface area contributed by atoms with Crippen LogP contribution in [0, 0.1) is 6.92 Å². The summed E-state index contributed by atoms with van der Waals surface area (Å²) in [6.07, 6.45) is -4.36. The van der Waals surface area contributed by atoms with E-state index < -0.39 is 11.7 Å². The van der Waals surface area contributed by atoms with Gasteiger partial charge in [-0.2, -0.15) is 18.3 Å². The van der Waals surface area contributed by atoms with E-state index in [0.717, 1.165) is 17.5 Å². The molecule has 1 N–H and O–H groups in total.